The lowest BCUT2D eigenvalue weighted by Crippen LogP contribution is -2.11. The van der Waals surface area contributed by atoms with Crippen molar-refractivity contribution in [3.63, 3.8) is 0 Å². The average Bonchev–Trinajstić information content (AvgIpc) is 2.64. The fourth-order valence-corrected chi connectivity index (χ4v) is 2.71. The first-order chi connectivity index (χ1) is 12.6. The first-order valence-corrected chi connectivity index (χ1v) is 8.73. The standard InChI is InChI=1S/C20H24N6/c1-14-7-5-8-16(15(14)2)17-13-19(26-20(21)25-17)24-12-6-11-23-18-9-3-4-10-22-18/h3-5,7-10,13H,6,11-12H2,1-2H3,(H,22,23)(H3,21,24,25,26). The molecule has 1 aromatic carbocycles. The van der Waals surface area contributed by atoms with Crippen LogP contribution in [0.5, 0.6) is 0 Å². The van der Waals surface area contributed by atoms with Crippen LogP contribution in [0.1, 0.15) is 17.5 Å². The van der Waals surface area contributed by atoms with Crippen LogP contribution in [0, 0.1) is 13.8 Å². The minimum Gasteiger partial charge on any atom is -0.370 e. The highest BCUT2D eigenvalue weighted by Gasteiger charge is 2.08. The van der Waals surface area contributed by atoms with Crippen LogP contribution in [0.4, 0.5) is 17.6 Å². The molecule has 0 fully saturated rings. The normalized spacial score (nSPS) is 10.5. The molecule has 0 aliphatic carbocycles. The summed E-state index contributed by atoms with van der Waals surface area (Å²) < 4.78 is 0. The molecular weight excluding hydrogens is 324 g/mol. The third-order valence-corrected chi connectivity index (χ3v) is 4.25. The maximum Gasteiger partial charge on any atom is 0.222 e. The number of benzene rings is 1. The van der Waals surface area contributed by atoms with Crippen molar-refractivity contribution in [3.05, 3.63) is 59.8 Å². The SMILES string of the molecule is Cc1cccc(-c2cc(NCCCNc3ccccn3)nc(N)n2)c1C. The van der Waals surface area contributed by atoms with Crippen LogP contribution in [-0.4, -0.2) is 28.0 Å². The molecule has 0 aliphatic heterocycles. The van der Waals surface area contributed by atoms with Crippen LogP contribution in [-0.2, 0) is 0 Å². The van der Waals surface area contributed by atoms with E-state index in [-0.39, 0.29) is 5.95 Å². The molecule has 0 saturated carbocycles. The summed E-state index contributed by atoms with van der Waals surface area (Å²) in [7, 11) is 0. The molecular formula is C20H24N6. The molecule has 0 atom stereocenters. The Labute approximate surface area is 153 Å². The molecule has 3 rings (SSSR count). The highest BCUT2D eigenvalue weighted by atomic mass is 15.1. The predicted molar refractivity (Wildman–Crippen MR) is 107 cm³/mol. The maximum atomic E-state index is 5.91. The molecule has 0 aliphatic rings. The van der Waals surface area contributed by atoms with Crippen molar-refractivity contribution < 1.29 is 0 Å². The van der Waals surface area contributed by atoms with Gasteiger partial charge in [0, 0.05) is 30.9 Å². The average molecular weight is 348 g/mol. The van der Waals surface area contributed by atoms with Gasteiger partial charge in [0.1, 0.15) is 11.6 Å². The van der Waals surface area contributed by atoms with Crippen molar-refractivity contribution in [3.8, 4) is 11.3 Å². The van der Waals surface area contributed by atoms with Gasteiger partial charge in [0.25, 0.3) is 0 Å². The summed E-state index contributed by atoms with van der Waals surface area (Å²) in [5.41, 5.74) is 10.3. The van der Waals surface area contributed by atoms with E-state index in [1.807, 2.05) is 30.3 Å². The Morgan fingerprint density at radius 1 is 0.923 bits per heavy atom. The predicted octanol–water partition coefficient (Wildman–Crippen LogP) is 3.65. The van der Waals surface area contributed by atoms with Crippen molar-refractivity contribution in [1.29, 1.82) is 0 Å². The number of hydrogen-bond acceptors (Lipinski definition) is 6. The van der Waals surface area contributed by atoms with Crippen molar-refractivity contribution in [2.24, 2.45) is 0 Å². The number of nitrogens with one attached hydrogen (secondary N) is 2. The second kappa shape index (κ2) is 8.29. The number of nitrogens with two attached hydrogens (primary N) is 1. The zero-order chi connectivity index (χ0) is 18.4. The Morgan fingerprint density at radius 2 is 1.73 bits per heavy atom. The zero-order valence-corrected chi connectivity index (χ0v) is 15.2. The number of pyridine rings is 1. The smallest absolute Gasteiger partial charge is 0.222 e. The van der Waals surface area contributed by atoms with Crippen molar-refractivity contribution in [2.75, 3.05) is 29.5 Å². The molecule has 4 N–H and O–H groups in total. The molecule has 0 amide bonds. The Kier molecular flexibility index (Phi) is 5.63. The fraction of sp³-hybridized carbons (Fsp3) is 0.250. The first kappa shape index (κ1) is 17.7. The molecule has 0 radical (unpaired) electrons. The maximum absolute atomic E-state index is 5.91. The Hall–Kier alpha value is -3.15. The molecule has 3 aromatic rings. The molecule has 2 aromatic heterocycles. The summed E-state index contributed by atoms with van der Waals surface area (Å²) in [5.74, 6) is 1.90. The summed E-state index contributed by atoms with van der Waals surface area (Å²) in [6, 6.07) is 14.0. The van der Waals surface area contributed by atoms with Gasteiger partial charge >= 0.3 is 0 Å². The molecule has 6 heteroatoms. The number of rotatable bonds is 7. The fourth-order valence-electron chi connectivity index (χ4n) is 2.71. The Bertz CT molecular complexity index is 863. The largest absolute Gasteiger partial charge is 0.370 e. The van der Waals surface area contributed by atoms with Crippen LogP contribution in [0.3, 0.4) is 0 Å². The van der Waals surface area contributed by atoms with Gasteiger partial charge < -0.3 is 16.4 Å². The molecule has 134 valence electrons. The van der Waals surface area contributed by atoms with Crippen LogP contribution >= 0.6 is 0 Å². The molecule has 26 heavy (non-hydrogen) atoms. The number of nitrogens with zero attached hydrogens (tertiary/aromatic N) is 3. The quantitative estimate of drug-likeness (QED) is 0.565. The topological polar surface area (TPSA) is 88.8 Å². The van der Waals surface area contributed by atoms with Gasteiger partial charge in [0.05, 0.1) is 5.69 Å². The third kappa shape index (κ3) is 4.47. The first-order valence-electron chi connectivity index (χ1n) is 8.73. The second-order valence-electron chi connectivity index (χ2n) is 6.17. The molecule has 0 unspecified atom stereocenters. The van der Waals surface area contributed by atoms with Gasteiger partial charge in [-0.15, -0.1) is 0 Å². The van der Waals surface area contributed by atoms with E-state index in [2.05, 4.69) is 51.6 Å². The van der Waals surface area contributed by atoms with Crippen LogP contribution in [0.2, 0.25) is 0 Å². The molecule has 0 saturated heterocycles. The van der Waals surface area contributed by atoms with Crippen LogP contribution in [0.15, 0.2) is 48.7 Å². The zero-order valence-electron chi connectivity index (χ0n) is 15.2. The van der Waals surface area contributed by atoms with Gasteiger partial charge in [0.15, 0.2) is 0 Å². The lowest BCUT2D eigenvalue weighted by molar-refractivity contribution is 0.898. The number of anilines is 3. The van der Waals surface area contributed by atoms with Gasteiger partial charge in [-0.1, -0.05) is 24.3 Å². The number of aromatic nitrogens is 3. The minimum absolute atomic E-state index is 0.275. The van der Waals surface area contributed by atoms with Gasteiger partial charge in [-0.3, -0.25) is 0 Å². The van der Waals surface area contributed by atoms with E-state index in [4.69, 9.17) is 5.73 Å². The summed E-state index contributed by atoms with van der Waals surface area (Å²) in [6.07, 6.45) is 2.71. The highest BCUT2D eigenvalue weighted by Crippen LogP contribution is 2.25. The van der Waals surface area contributed by atoms with Crippen LogP contribution < -0.4 is 16.4 Å². The van der Waals surface area contributed by atoms with Gasteiger partial charge in [-0.25, -0.2) is 9.97 Å². The number of nitrogen functional groups attached to an aromatic ring is 1. The van der Waals surface area contributed by atoms with E-state index < -0.39 is 0 Å². The monoisotopic (exact) mass is 348 g/mol. The Balaban J connectivity index is 1.60. The summed E-state index contributed by atoms with van der Waals surface area (Å²) >= 11 is 0. The Morgan fingerprint density at radius 3 is 2.50 bits per heavy atom. The highest BCUT2D eigenvalue weighted by molar-refractivity contribution is 5.68. The van der Waals surface area contributed by atoms with E-state index in [0.29, 0.717) is 0 Å². The van der Waals surface area contributed by atoms with Gasteiger partial charge in [-0.2, -0.15) is 4.98 Å². The van der Waals surface area contributed by atoms with Crippen molar-refractivity contribution >= 4 is 17.6 Å². The molecule has 6 nitrogen and oxygen atoms in total. The lowest BCUT2D eigenvalue weighted by atomic mass is 10.0. The van der Waals surface area contributed by atoms with E-state index in [1.165, 1.54) is 11.1 Å². The molecule has 0 bridgehead atoms. The minimum atomic E-state index is 0.275. The van der Waals surface area contributed by atoms with Gasteiger partial charge in [0.2, 0.25) is 5.95 Å². The van der Waals surface area contributed by atoms with Gasteiger partial charge in [-0.05, 0) is 43.5 Å². The summed E-state index contributed by atoms with van der Waals surface area (Å²) in [4.78, 5) is 12.9. The summed E-state index contributed by atoms with van der Waals surface area (Å²) in [5, 5.41) is 6.61. The second-order valence-corrected chi connectivity index (χ2v) is 6.17. The molecule has 0 spiro atoms. The van der Waals surface area contributed by atoms with E-state index >= 15 is 0 Å². The van der Waals surface area contributed by atoms with E-state index in [0.717, 1.165) is 42.4 Å². The number of aryl methyl sites for hydroxylation is 1. The third-order valence-electron chi connectivity index (χ3n) is 4.25. The van der Waals surface area contributed by atoms with E-state index in [9.17, 15) is 0 Å². The van der Waals surface area contributed by atoms with Crippen molar-refractivity contribution in [1.82, 2.24) is 15.0 Å². The molecule has 2 heterocycles. The summed E-state index contributed by atoms with van der Waals surface area (Å²) in [6.45, 7) is 5.80. The van der Waals surface area contributed by atoms with E-state index in [1.54, 1.807) is 6.20 Å². The van der Waals surface area contributed by atoms with Crippen molar-refractivity contribution in [2.45, 2.75) is 20.3 Å². The van der Waals surface area contributed by atoms with Crippen LogP contribution in [0.25, 0.3) is 11.3 Å². The lowest BCUT2D eigenvalue weighted by Gasteiger charge is -2.11. The number of hydrogen-bond donors (Lipinski definition) is 3.